The van der Waals surface area contributed by atoms with E-state index in [9.17, 15) is 14.9 Å². The Hall–Kier alpha value is -0.980. The van der Waals surface area contributed by atoms with E-state index in [0.29, 0.717) is 19.4 Å². The molecular weight excluding hydrogens is 196 g/mol. The molecule has 0 saturated carbocycles. The van der Waals surface area contributed by atoms with Crippen molar-refractivity contribution in [3.8, 4) is 0 Å². The van der Waals surface area contributed by atoms with Crippen molar-refractivity contribution in [1.29, 1.82) is 0 Å². The first-order valence-corrected chi connectivity index (χ1v) is 4.87. The predicted octanol–water partition coefficient (Wildman–Crippen LogP) is 0.216. The molecule has 0 aromatic heterocycles. The minimum Gasteiger partial charge on any atom is -0.330 e. The molecule has 2 saturated heterocycles. The summed E-state index contributed by atoms with van der Waals surface area (Å²) in [5, 5.41) is 9.36. The normalized spacial score (nSPS) is 32.0. The van der Waals surface area contributed by atoms with E-state index in [1.165, 1.54) is 11.8 Å². The van der Waals surface area contributed by atoms with E-state index >= 15 is 0 Å². The third-order valence-corrected chi connectivity index (χ3v) is 3.50. The van der Waals surface area contributed by atoms with Gasteiger partial charge in [-0.05, 0) is 0 Å². The molecule has 13 heavy (non-hydrogen) atoms. The number of carbonyl (C=O) groups excluding carboxylic acids is 1. The summed E-state index contributed by atoms with van der Waals surface area (Å²) in [6.45, 7) is 0.578. The van der Waals surface area contributed by atoms with E-state index in [1.54, 1.807) is 4.90 Å². The summed E-state index contributed by atoms with van der Waals surface area (Å²) in [5.41, 5.74) is -0.399. The van der Waals surface area contributed by atoms with E-state index in [-0.39, 0.29) is 11.3 Å². The molecule has 0 bridgehead atoms. The molecule has 0 N–H and O–H groups in total. The summed E-state index contributed by atoms with van der Waals surface area (Å²) >= 11 is 1.35. The van der Waals surface area contributed by atoms with Gasteiger partial charge in [-0.25, -0.2) is 0 Å². The fourth-order valence-corrected chi connectivity index (χ4v) is 2.80. The van der Waals surface area contributed by atoms with Gasteiger partial charge in [-0.3, -0.25) is 9.63 Å². The zero-order valence-electron chi connectivity index (χ0n) is 6.71. The molecule has 0 aromatic carbocycles. The van der Waals surface area contributed by atoms with Gasteiger partial charge in [0.15, 0.2) is 5.44 Å². The van der Waals surface area contributed by atoms with Gasteiger partial charge in [-0.2, -0.15) is 0 Å². The Labute approximate surface area is 78.3 Å². The van der Waals surface area contributed by atoms with Crippen molar-refractivity contribution in [1.82, 2.24) is 4.90 Å². The van der Waals surface area contributed by atoms with Crippen LogP contribution in [0.1, 0.15) is 12.8 Å². The van der Waals surface area contributed by atoms with E-state index in [1.807, 2.05) is 0 Å². The highest BCUT2D eigenvalue weighted by Crippen LogP contribution is 2.38. The summed E-state index contributed by atoms with van der Waals surface area (Å²) in [6.07, 6.45) is 1.02. The quantitative estimate of drug-likeness (QED) is 0.365. The van der Waals surface area contributed by atoms with Crippen LogP contribution in [0.2, 0.25) is 0 Å². The van der Waals surface area contributed by atoms with Crippen LogP contribution in [0, 0.1) is 10.1 Å². The summed E-state index contributed by atoms with van der Waals surface area (Å²) in [5.74, 6) is 0.136. The Morgan fingerprint density at radius 2 is 2.46 bits per heavy atom. The van der Waals surface area contributed by atoms with Gasteiger partial charge >= 0.3 is 0 Å². The molecule has 0 radical (unpaired) electrons. The first-order valence-electron chi connectivity index (χ1n) is 3.93. The molecule has 72 valence electrons. The molecule has 2 aliphatic heterocycles. The van der Waals surface area contributed by atoms with Crippen LogP contribution >= 0.6 is 11.8 Å². The number of carbonyl (C=O) groups is 1. The second kappa shape index (κ2) is 3.06. The molecule has 1 unspecified atom stereocenters. The van der Waals surface area contributed by atoms with Crippen molar-refractivity contribution in [2.45, 2.75) is 23.7 Å². The van der Waals surface area contributed by atoms with Crippen LogP contribution < -0.4 is 0 Å². The number of nitrogens with zero attached hydrogens (tertiary/aromatic N) is 2. The van der Waals surface area contributed by atoms with Crippen molar-refractivity contribution in [2.24, 2.45) is 0 Å². The maximum absolute atomic E-state index is 10.9. The van der Waals surface area contributed by atoms with Gasteiger partial charge in [0.2, 0.25) is 5.91 Å². The first-order chi connectivity index (χ1) is 6.16. The summed E-state index contributed by atoms with van der Waals surface area (Å²) in [7, 11) is 0. The van der Waals surface area contributed by atoms with Crippen LogP contribution in [0.4, 0.5) is 0 Å². The monoisotopic (exact) mass is 204 g/mol. The van der Waals surface area contributed by atoms with Gasteiger partial charge in [-0.1, -0.05) is 0 Å². The van der Waals surface area contributed by atoms with E-state index in [2.05, 4.69) is 4.84 Å². The molecule has 0 aromatic rings. The number of amides is 1. The Kier molecular flexibility index (Phi) is 2.03. The Bertz CT molecular complexity index is 259. The minimum absolute atomic E-state index is 0.103. The zero-order chi connectivity index (χ0) is 9.42. The molecule has 2 fully saturated rings. The average Bonchev–Trinajstić information content (AvgIpc) is 2.01. The lowest BCUT2D eigenvalue weighted by Gasteiger charge is -2.45. The first kappa shape index (κ1) is 8.61. The summed E-state index contributed by atoms with van der Waals surface area (Å²) in [4.78, 5) is 27.1. The zero-order valence-corrected chi connectivity index (χ0v) is 7.53. The van der Waals surface area contributed by atoms with Crippen molar-refractivity contribution in [3.63, 3.8) is 0 Å². The highest BCUT2D eigenvalue weighted by molar-refractivity contribution is 8.00. The summed E-state index contributed by atoms with van der Waals surface area (Å²) < 4.78 is 0. The molecule has 2 aliphatic rings. The van der Waals surface area contributed by atoms with Gasteiger partial charge in [-0.15, -0.1) is 21.9 Å². The number of hydrogen-bond donors (Lipinski definition) is 0. The Balaban J connectivity index is 1.86. The van der Waals surface area contributed by atoms with E-state index < -0.39 is 10.5 Å². The standard InChI is InChI=1S/C6H8N2O4S/c9-4-3-5-7(4)2-1-6(13-5)12-8(10)11/h5-6H,1-3H2/t5-,6?/m1/s1. The smallest absolute Gasteiger partial charge is 0.295 e. The lowest BCUT2D eigenvalue weighted by molar-refractivity contribution is -0.762. The highest BCUT2D eigenvalue weighted by atomic mass is 32.2. The number of β-lactam (4-membered cyclic amide) rings is 1. The molecule has 7 heteroatoms. The largest absolute Gasteiger partial charge is 0.330 e. The van der Waals surface area contributed by atoms with Crippen LogP contribution in [-0.2, 0) is 9.63 Å². The van der Waals surface area contributed by atoms with E-state index in [0.717, 1.165) is 0 Å². The van der Waals surface area contributed by atoms with Crippen LogP contribution in [0.15, 0.2) is 0 Å². The predicted molar refractivity (Wildman–Crippen MR) is 44.2 cm³/mol. The van der Waals surface area contributed by atoms with Gasteiger partial charge in [0.05, 0.1) is 11.8 Å². The van der Waals surface area contributed by atoms with Crippen LogP contribution in [0.25, 0.3) is 0 Å². The van der Waals surface area contributed by atoms with Gasteiger partial charge in [0.1, 0.15) is 0 Å². The van der Waals surface area contributed by atoms with Gasteiger partial charge in [0, 0.05) is 13.0 Å². The second-order valence-corrected chi connectivity index (χ2v) is 4.27. The molecule has 2 atom stereocenters. The second-order valence-electron chi connectivity index (χ2n) is 2.93. The SMILES string of the molecule is O=C1C[C@H]2SC(O[N+](=O)[O-])CCN12. The fraction of sp³-hybridized carbons (Fsp3) is 0.833. The number of rotatable bonds is 2. The third kappa shape index (κ3) is 1.55. The Morgan fingerprint density at radius 3 is 3.00 bits per heavy atom. The lowest BCUT2D eigenvalue weighted by atomic mass is 10.2. The van der Waals surface area contributed by atoms with Crippen LogP contribution in [0.3, 0.4) is 0 Å². The van der Waals surface area contributed by atoms with Gasteiger partial charge in [0.25, 0.3) is 5.09 Å². The molecule has 0 spiro atoms. The van der Waals surface area contributed by atoms with Crippen LogP contribution in [0.5, 0.6) is 0 Å². The molecule has 2 rings (SSSR count). The number of hydrogen-bond acceptors (Lipinski definition) is 5. The van der Waals surface area contributed by atoms with Gasteiger partial charge < -0.3 is 4.90 Å². The summed E-state index contributed by atoms with van der Waals surface area (Å²) in [6, 6.07) is 0. The third-order valence-electron chi connectivity index (χ3n) is 2.14. The minimum atomic E-state index is -0.770. The highest BCUT2D eigenvalue weighted by Gasteiger charge is 2.42. The Morgan fingerprint density at radius 1 is 1.69 bits per heavy atom. The molecule has 0 aliphatic carbocycles. The van der Waals surface area contributed by atoms with Crippen molar-refractivity contribution >= 4 is 17.7 Å². The topological polar surface area (TPSA) is 72.7 Å². The number of fused-ring (bicyclic) bond motifs is 1. The number of thioether (sulfide) groups is 1. The maximum Gasteiger partial charge on any atom is 0.295 e. The maximum atomic E-state index is 10.9. The van der Waals surface area contributed by atoms with Crippen LogP contribution in [-0.4, -0.2) is 33.2 Å². The average molecular weight is 204 g/mol. The molecule has 1 amide bonds. The van der Waals surface area contributed by atoms with Crippen molar-refractivity contribution in [3.05, 3.63) is 10.1 Å². The van der Waals surface area contributed by atoms with Crippen molar-refractivity contribution < 1.29 is 14.7 Å². The fourth-order valence-electron chi connectivity index (χ4n) is 1.48. The molecule has 6 nitrogen and oxygen atoms in total. The molecular formula is C6H8N2O4S. The molecule has 2 heterocycles. The lowest BCUT2D eigenvalue weighted by Crippen LogP contribution is -2.55. The van der Waals surface area contributed by atoms with E-state index in [4.69, 9.17) is 0 Å². The van der Waals surface area contributed by atoms with Crippen molar-refractivity contribution in [2.75, 3.05) is 6.54 Å².